The van der Waals surface area contributed by atoms with Crippen LogP contribution in [0.15, 0.2) is 66.9 Å². The molecule has 0 saturated heterocycles. The van der Waals surface area contributed by atoms with Crippen LogP contribution in [0, 0.1) is 0 Å². The van der Waals surface area contributed by atoms with E-state index in [-0.39, 0.29) is 5.91 Å². The molecule has 0 radical (unpaired) electrons. The molecular weight excluding hydrogens is 350 g/mol. The highest BCUT2D eigenvalue weighted by Crippen LogP contribution is 2.18. The van der Waals surface area contributed by atoms with Crippen molar-refractivity contribution in [1.29, 1.82) is 0 Å². The molecular formula is C23H25N3O2. The van der Waals surface area contributed by atoms with Crippen molar-refractivity contribution >= 4 is 17.3 Å². The summed E-state index contributed by atoms with van der Waals surface area (Å²) in [6.45, 7) is 4.93. The lowest BCUT2D eigenvalue weighted by Crippen LogP contribution is -2.14. The largest absolute Gasteiger partial charge is 0.497 e. The Hall–Kier alpha value is -3.34. The maximum atomic E-state index is 12.5. The van der Waals surface area contributed by atoms with Crippen LogP contribution in [0.25, 0.3) is 0 Å². The van der Waals surface area contributed by atoms with Crippen LogP contribution < -0.4 is 15.4 Å². The fourth-order valence-electron chi connectivity index (χ4n) is 2.76. The molecule has 0 aliphatic carbocycles. The number of carbonyl (C=O) groups excluding carboxylic acids is 1. The van der Waals surface area contributed by atoms with Gasteiger partial charge >= 0.3 is 0 Å². The number of benzene rings is 2. The van der Waals surface area contributed by atoms with Crippen molar-refractivity contribution in [3.05, 3.63) is 83.7 Å². The summed E-state index contributed by atoms with van der Waals surface area (Å²) in [6, 6.07) is 19.3. The van der Waals surface area contributed by atoms with Gasteiger partial charge in [0.25, 0.3) is 5.91 Å². The zero-order valence-corrected chi connectivity index (χ0v) is 16.4. The second kappa shape index (κ2) is 9.04. The summed E-state index contributed by atoms with van der Waals surface area (Å²) < 4.78 is 5.17. The number of hydrogen-bond acceptors (Lipinski definition) is 4. The van der Waals surface area contributed by atoms with E-state index in [4.69, 9.17) is 4.74 Å². The van der Waals surface area contributed by atoms with Gasteiger partial charge < -0.3 is 15.4 Å². The van der Waals surface area contributed by atoms with Crippen molar-refractivity contribution in [2.45, 2.75) is 26.3 Å². The SMILES string of the molecule is COc1ccc(CNc2ccnc(C(=O)Nc3ccc(C(C)C)cc3)c2)cc1. The van der Waals surface area contributed by atoms with Gasteiger partial charge in [0.15, 0.2) is 0 Å². The lowest BCUT2D eigenvalue weighted by molar-refractivity contribution is 0.102. The Morgan fingerprint density at radius 2 is 1.71 bits per heavy atom. The lowest BCUT2D eigenvalue weighted by Gasteiger charge is -2.10. The number of methoxy groups -OCH3 is 1. The first-order chi connectivity index (χ1) is 13.5. The molecule has 3 aromatic rings. The number of nitrogens with one attached hydrogen (secondary N) is 2. The van der Waals surface area contributed by atoms with E-state index >= 15 is 0 Å². The normalized spacial score (nSPS) is 10.6. The standard InChI is InChI=1S/C23H25N3O2/c1-16(2)18-6-8-19(9-7-18)26-23(27)22-14-20(12-13-24-22)25-15-17-4-10-21(28-3)11-5-17/h4-14,16H,15H2,1-3H3,(H,24,25)(H,26,27). The van der Waals surface area contributed by atoms with Crippen LogP contribution in [0.3, 0.4) is 0 Å². The molecule has 2 N–H and O–H groups in total. The van der Waals surface area contributed by atoms with Gasteiger partial charge in [-0.15, -0.1) is 0 Å². The predicted molar refractivity (Wildman–Crippen MR) is 113 cm³/mol. The molecule has 0 saturated carbocycles. The van der Waals surface area contributed by atoms with Crippen LogP contribution in [0.2, 0.25) is 0 Å². The Bertz CT molecular complexity index is 919. The van der Waals surface area contributed by atoms with Gasteiger partial charge in [-0.25, -0.2) is 0 Å². The highest BCUT2D eigenvalue weighted by Gasteiger charge is 2.09. The summed E-state index contributed by atoms with van der Waals surface area (Å²) in [4.78, 5) is 16.7. The van der Waals surface area contributed by atoms with Gasteiger partial charge in [0.05, 0.1) is 7.11 Å². The zero-order chi connectivity index (χ0) is 19.9. The first-order valence-corrected chi connectivity index (χ1v) is 9.29. The molecule has 0 aliphatic rings. The van der Waals surface area contributed by atoms with E-state index in [0.717, 1.165) is 22.7 Å². The molecule has 28 heavy (non-hydrogen) atoms. The molecule has 0 fully saturated rings. The Labute approximate surface area is 165 Å². The Kier molecular flexibility index (Phi) is 6.27. The second-order valence-corrected chi connectivity index (χ2v) is 6.86. The number of hydrogen-bond donors (Lipinski definition) is 2. The van der Waals surface area contributed by atoms with Crippen LogP contribution in [0.5, 0.6) is 5.75 Å². The number of pyridine rings is 1. The van der Waals surface area contributed by atoms with E-state index < -0.39 is 0 Å². The molecule has 1 amide bonds. The van der Waals surface area contributed by atoms with E-state index in [1.807, 2.05) is 54.6 Å². The fourth-order valence-corrected chi connectivity index (χ4v) is 2.76. The fraction of sp³-hybridized carbons (Fsp3) is 0.217. The molecule has 0 spiro atoms. The smallest absolute Gasteiger partial charge is 0.274 e. The zero-order valence-electron chi connectivity index (χ0n) is 16.4. The average Bonchev–Trinajstić information content (AvgIpc) is 2.73. The van der Waals surface area contributed by atoms with Crippen LogP contribution in [-0.4, -0.2) is 18.0 Å². The molecule has 1 aromatic heterocycles. The summed E-state index contributed by atoms with van der Waals surface area (Å²) in [7, 11) is 1.65. The van der Waals surface area contributed by atoms with Crippen molar-refractivity contribution in [3.63, 3.8) is 0 Å². The van der Waals surface area contributed by atoms with Gasteiger partial charge in [0.1, 0.15) is 11.4 Å². The predicted octanol–water partition coefficient (Wildman–Crippen LogP) is 5.08. The van der Waals surface area contributed by atoms with Crippen LogP contribution in [0.1, 0.15) is 41.4 Å². The molecule has 3 rings (SSSR count). The molecule has 2 aromatic carbocycles. The minimum atomic E-state index is -0.231. The Morgan fingerprint density at radius 1 is 1.00 bits per heavy atom. The van der Waals surface area contributed by atoms with E-state index in [2.05, 4.69) is 29.5 Å². The van der Waals surface area contributed by atoms with Crippen molar-refractivity contribution < 1.29 is 9.53 Å². The van der Waals surface area contributed by atoms with Gasteiger partial charge in [-0.05, 0) is 53.4 Å². The Morgan fingerprint density at radius 3 is 2.36 bits per heavy atom. The maximum absolute atomic E-state index is 12.5. The minimum absolute atomic E-state index is 0.231. The second-order valence-electron chi connectivity index (χ2n) is 6.86. The molecule has 0 unspecified atom stereocenters. The molecule has 5 heteroatoms. The molecule has 5 nitrogen and oxygen atoms in total. The number of aromatic nitrogens is 1. The van der Waals surface area contributed by atoms with Gasteiger partial charge in [0, 0.05) is 24.1 Å². The maximum Gasteiger partial charge on any atom is 0.274 e. The van der Waals surface area contributed by atoms with Crippen LogP contribution in [-0.2, 0) is 6.54 Å². The van der Waals surface area contributed by atoms with Gasteiger partial charge in [0.2, 0.25) is 0 Å². The van der Waals surface area contributed by atoms with Crippen molar-refractivity contribution in [2.24, 2.45) is 0 Å². The monoisotopic (exact) mass is 375 g/mol. The van der Waals surface area contributed by atoms with Gasteiger partial charge in [-0.1, -0.05) is 38.1 Å². The van der Waals surface area contributed by atoms with E-state index in [1.165, 1.54) is 5.56 Å². The van der Waals surface area contributed by atoms with Crippen molar-refractivity contribution in [2.75, 3.05) is 17.7 Å². The first-order valence-electron chi connectivity index (χ1n) is 9.29. The minimum Gasteiger partial charge on any atom is -0.497 e. The van der Waals surface area contributed by atoms with E-state index in [0.29, 0.717) is 18.2 Å². The highest BCUT2D eigenvalue weighted by atomic mass is 16.5. The quantitative estimate of drug-likeness (QED) is 0.605. The summed E-state index contributed by atoms with van der Waals surface area (Å²) in [6.07, 6.45) is 1.63. The molecule has 144 valence electrons. The summed E-state index contributed by atoms with van der Waals surface area (Å²) in [5.74, 6) is 1.05. The van der Waals surface area contributed by atoms with Gasteiger partial charge in [-0.3, -0.25) is 9.78 Å². The van der Waals surface area contributed by atoms with Crippen molar-refractivity contribution in [1.82, 2.24) is 4.98 Å². The molecule has 0 bridgehead atoms. The molecule has 0 aliphatic heterocycles. The summed E-state index contributed by atoms with van der Waals surface area (Å²) in [5.41, 5.74) is 4.32. The average molecular weight is 375 g/mol. The van der Waals surface area contributed by atoms with Crippen molar-refractivity contribution in [3.8, 4) is 5.75 Å². The molecule has 1 heterocycles. The summed E-state index contributed by atoms with van der Waals surface area (Å²) >= 11 is 0. The number of amides is 1. The number of carbonyl (C=O) groups is 1. The van der Waals surface area contributed by atoms with Crippen LogP contribution in [0.4, 0.5) is 11.4 Å². The van der Waals surface area contributed by atoms with E-state index in [1.54, 1.807) is 19.4 Å². The number of anilines is 2. The third-order valence-electron chi connectivity index (χ3n) is 4.48. The third kappa shape index (κ3) is 5.10. The van der Waals surface area contributed by atoms with Crippen LogP contribution >= 0.6 is 0 Å². The third-order valence-corrected chi connectivity index (χ3v) is 4.48. The topological polar surface area (TPSA) is 63.2 Å². The highest BCUT2D eigenvalue weighted by molar-refractivity contribution is 6.03. The molecule has 0 atom stereocenters. The number of ether oxygens (including phenoxy) is 1. The first kappa shape index (κ1) is 19.4. The lowest BCUT2D eigenvalue weighted by atomic mass is 10.0. The van der Waals surface area contributed by atoms with Gasteiger partial charge in [-0.2, -0.15) is 0 Å². The number of nitrogens with zero attached hydrogens (tertiary/aromatic N) is 1. The summed E-state index contributed by atoms with van der Waals surface area (Å²) in [5, 5.41) is 6.21. The Balaban J connectivity index is 1.62. The number of rotatable bonds is 7. The van der Waals surface area contributed by atoms with E-state index in [9.17, 15) is 4.79 Å².